The fourth-order valence-corrected chi connectivity index (χ4v) is 4.32. The first-order valence-corrected chi connectivity index (χ1v) is 9.92. The van der Waals surface area contributed by atoms with Crippen LogP contribution in [-0.4, -0.2) is 5.91 Å². The topological polar surface area (TPSA) is 29.1 Å². The van der Waals surface area contributed by atoms with Crippen LogP contribution in [0.25, 0.3) is 0 Å². The van der Waals surface area contributed by atoms with Crippen LogP contribution in [0.5, 0.6) is 0 Å². The van der Waals surface area contributed by atoms with Crippen molar-refractivity contribution in [3.8, 4) is 0 Å². The minimum absolute atomic E-state index is 0.0592. The lowest BCUT2D eigenvalue weighted by Gasteiger charge is -2.20. The highest BCUT2D eigenvalue weighted by atomic mass is 16.2. The number of aryl methyl sites for hydroxylation is 4. The normalized spacial score (nSPS) is 17.2. The molecule has 0 aromatic heterocycles. The van der Waals surface area contributed by atoms with Gasteiger partial charge in [0.2, 0.25) is 5.91 Å². The minimum Gasteiger partial charge on any atom is -0.326 e. The van der Waals surface area contributed by atoms with Gasteiger partial charge in [-0.3, -0.25) is 4.79 Å². The Morgan fingerprint density at radius 1 is 0.821 bits per heavy atom. The number of anilines is 1. The molecule has 0 aliphatic heterocycles. The molecule has 0 spiro atoms. The molecule has 3 aromatic rings. The van der Waals surface area contributed by atoms with Crippen molar-refractivity contribution < 1.29 is 4.79 Å². The first-order valence-electron chi connectivity index (χ1n) is 9.92. The van der Waals surface area contributed by atoms with Crippen LogP contribution in [0.4, 0.5) is 5.69 Å². The van der Waals surface area contributed by atoms with Crippen molar-refractivity contribution in [1.29, 1.82) is 0 Å². The van der Waals surface area contributed by atoms with Gasteiger partial charge in [0.1, 0.15) is 0 Å². The molecular formula is C26H27NO. The van der Waals surface area contributed by atoms with Crippen molar-refractivity contribution in [2.75, 3.05) is 5.32 Å². The van der Waals surface area contributed by atoms with Crippen molar-refractivity contribution in [2.24, 2.45) is 5.92 Å². The third-order valence-electron chi connectivity index (χ3n) is 5.99. The summed E-state index contributed by atoms with van der Waals surface area (Å²) in [6, 6.07) is 23.4. The van der Waals surface area contributed by atoms with Crippen LogP contribution in [0.3, 0.4) is 0 Å². The molecule has 1 saturated carbocycles. The Labute approximate surface area is 167 Å². The maximum Gasteiger partial charge on any atom is 0.228 e. The lowest BCUT2D eigenvalue weighted by Crippen LogP contribution is -2.22. The van der Waals surface area contributed by atoms with E-state index in [4.69, 9.17) is 0 Å². The SMILES string of the molecule is Cc1cccc(C2(c3cccc(C)c3)C[C@@H]2C(=O)Nc2cc(C)ccc2C)c1. The summed E-state index contributed by atoms with van der Waals surface area (Å²) >= 11 is 0. The van der Waals surface area contributed by atoms with Gasteiger partial charge >= 0.3 is 0 Å². The second kappa shape index (κ2) is 6.94. The summed E-state index contributed by atoms with van der Waals surface area (Å²) in [5.74, 6) is 0.0488. The van der Waals surface area contributed by atoms with Crippen LogP contribution in [0, 0.1) is 33.6 Å². The first kappa shape index (κ1) is 18.5. The number of carbonyl (C=O) groups excluding carboxylic acids is 1. The average Bonchev–Trinajstić information content (AvgIpc) is 3.42. The van der Waals surface area contributed by atoms with Crippen LogP contribution in [0.1, 0.15) is 39.8 Å². The molecule has 1 atom stereocenters. The van der Waals surface area contributed by atoms with E-state index < -0.39 is 0 Å². The fourth-order valence-electron chi connectivity index (χ4n) is 4.32. The summed E-state index contributed by atoms with van der Waals surface area (Å²) in [4.78, 5) is 13.3. The lowest BCUT2D eigenvalue weighted by molar-refractivity contribution is -0.117. The maximum absolute atomic E-state index is 13.3. The number of benzene rings is 3. The minimum atomic E-state index is -0.236. The van der Waals surface area contributed by atoms with E-state index in [9.17, 15) is 4.79 Å². The average molecular weight is 370 g/mol. The highest BCUT2D eigenvalue weighted by molar-refractivity contribution is 5.97. The number of hydrogen-bond donors (Lipinski definition) is 1. The van der Waals surface area contributed by atoms with Crippen LogP contribution in [0.15, 0.2) is 66.7 Å². The van der Waals surface area contributed by atoms with Crippen molar-refractivity contribution in [3.63, 3.8) is 0 Å². The Bertz CT molecular complexity index is 1000. The zero-order chi connectivity index (χ0) is 19.9. The van der Waals surface area contributed by atoms with Gasteiger partial charge < -0.3 is 5.32 Å². The number of rotatable bonds is 4. The molecule has 0 bridgehead atoms. The van der Waals surface area contributed by atoms with Crippen LogP contribution < -0.4 is 5.32 Å². The van der Waals surface area contributed by atoms with E-state index in [0.29, 0.717) is 0 Å². The predicted octanol–water partition coefficient (Wildman–Crippen LogP) is 5.86. The summed E-state index contributed by atoms with van der Waals surface area (Å²) in [5, 5.41) is 3.20. The summed E-state index contributed by atoms with van der Waals surface area (Å²) in [7, 11) is 0. The van der Waals surface area contributed by atoms with Gasteiger partial charge in [0, 0.05) is 11.1 Å². The van der Waals surface area contributed by atoms with E-state index >= 15 is 0 Å². The maximum atomic E-state index is 13.3. The molecule has 4 rings (SSSR count). The quantitative estimate of drug-likeness (QED) is 0.613. The molecule has 1 fully saturated rings. The van der Waals surface area contributed by atoms with E-state index in [1.807, 2.05) is 6.92 Å². The van der Waals surface area contributed by atoms with Crippen LogP contribution >= 0.6 is 0 Å². The molecule has 142 valence electrons. The zero-order valence-electron chi connectivity index (χ0n) is 17.0. The molecule has 1 amide bonds. The van der Waals surface area contributed by atoms with Gasteiger partial charge in [-0.05, 0) is 62.4 Å². The molecule has 1 aliphatic carbocycles. The number of hydrogen-bond acceptors (Lipinski definition) is 1. The van der Waals surface area contributed by atoms with E-state index in [1.165, 1.54) is 22.3 Å². The monoisotopic (exact) mass is 369 g/mol. The van der Waals surface area contributed by atoms with Crippen LogP contribution in [0.2, 0.25) is 0 Å². The molecule has 0 saturated heterocycles. The van der Waals surface area contributed by atoms with Crippen molar-refractivity contribution in [1.82, 2.24) is 0 Å². The third kappa shape index (κ3) is 3.24. The number of carbonyl (C=O) groups is 1. The molecule has 1 aliphatic rings. The highest BCUT2D eigenvalue weighted by Gasteiger charge is 2.60. The molecule has 3 aromatic carbocycles. The van der Waals surface area contributed by atoms with Crippen LogP contribution in [-0.2, 0) is 10.2 Å². The second-order valence-electron chi connectivity index (χ2n) is 8.27. The van der Waals surface area contributed by atoms with E-state index in [0.717, 1.165) is 23.2 Å². The first-order chi connectivity index (χ1) is 13.4. The van der Waals surface area contributed by atoms with E-state index in [-0.39, 0.29) is 17.2 Å². The molecule has 2 nitrogen and oxygen atoms in total. The summed E-state index contributed by atoms with van der Waals surface area (Å²) in [6.07, 6.45) is 0.844. The highest BCUT2D eigenvalue weighted by Crippen LogP contribution is 2.59. The standard InChI is InChI=1S/C26H27NO/c1-17-7-5-9-21(13-17)26(22-10-6-8-18(2)14-22)16-23(26)25(28)27-24-15-19(3)11-12-20(24)4/h5-15,23H,16H2,1-4H3,(H,27,28)/t23-/m1/s1. The van der Waals surface area contributed by atoms with Gasteiger partial charge in [0.15, 0.2) is 0 Å². The molecule has 0 radical (unpaired) electrons. The summed E-state index contributed by atoms with van der Waals surface area (Å²) < 4.78 is 0. The summed E-state index contributed by atoms with van der Waals surface area (Å²) in [5.41, 5.74) is 7.85. The molecule has 0 heterocycles. The Morgan fingerprint density at radius 3 is 1.96 bits per heavy atom. The van der Waals surface area contributed by atoms with Gasteiger partial charge in [-0.15, -0.1) is 0 Å². The van der Waals surface area contributed by atoms with Crippen molar-refractivity contribution in [3.05, 3.63) is 100 Å². The Morgan fingerprint density at radius 2 is 1.39 bits per heavy atom. The smallest absolute Gasteiger partial charge is 0.228 e. The van der Waals surface area contributed by atoms with Gasteiger partial charge in [-0.25, -0.2) is 0 Å². The molecule has 28 heavy (non-hydrogen) atoms. The molecular weight excluding hydrogens is 342 g/mol. The van der Waals surface area contributed by atoms with E-state index in [2.05, 4.69) is 92.8 Å². The van der Waals surface area contributed by atoms with Gasteiger partial charge in [0.25, 0.3) is 0 Å². The lowest BCUT2D eigenvalue weighted by atomic mass is 9.84. The molecule has 2 heteroatoms. The largest absolute Gasteiger partial charge is 0.326 e. The van der Waals surface area contributed by atoms with Crippen molar-refractivity contribution in [2.45, 2.75) is 39.5 Å². The number of nitrogens with one attached hydrogen (secondary N) is 1. The summed E-state index contributed by atoms with van der Waals surface area (Å²) in [6.45, 7) is 8.31. The third-order valence-corrected chi connectivity index (χ3v) is 5.99. The molecule has 1 N–H and O–H groups in total. The second-order valence-corrected chi connectivity index (χ2v) is 8.27. The Hall–Kier alpha value is -2.87. The number of amides is 1. The van der Waals surface area contributed by atoms with Gasteiger partial charge in [-0.1, -0.05) is 71.8 Å². The Kier molecular flexibility index (Phi) is 4.58. The zero-order valence-corrected chi connectivity index (χ0v) is 17.0. The molecule has 0 unspecified atom stereocenters. The fraction of sp³-hybridized carbons (Fsp3) is 0.269. The predicted molar refractivity (Wildman–Crippen MR) is 116 cm³/mol. The Balaban J connectivity index is 1.71. The van der Waals surface area contributed by atoms with E-state index in [1.54, 1.807) is 0 Å². The van der Waals surface area contributed by atoms with Crippen molar-refractivity contribution >= 4 is 11.6 Å². The van der Waals surface area contributed by atoms with Gasteiger partial charge in [-0.2, -0.15) is 0 Å². The van der Waals surface area contributed by atoms with Gasteiger partial charge in [0.05, 0.1) is 5.92 Å².